The van der Waals surface area contributed by atoms with Gasteiger partial charge in [0.25, 0.3) is 5.67 Å². The molecule has 1 aromatic rings. The largest absolute Gasteiger partial charge is 0.478 e. The fourth-order valence-electron chi connectivity index (χ4n) is 2.56. The third kappa shape index (κ3) is 2.73. The van der Waals surface area contributed by atoms with Gasteiger partial charge in [-0.1, -0.05) is 0 Å². The molecule has 0 radical (unpaired) electrons. The number of hydrogen-bond donors (Lipinski definition) is 2. The van der Waals surface area contributed by atoms with E-state index < -0.39 is 11.6 Å². The average molecular weight is 427 g/mol. The van der Waals surface area contributed by atoms with E-state index in [0.29, 0.717) is 23.8 Å². The number of halogens is 2. The van der Waals surface area contributed by atoms with Gasteiger partial charge in [0.1, 0.15) is 6.67 Å². The Balaban J connectivity index is 2.02. The number of fused-ring (bicyclic) bond motifs is 1. The molecular weight excluding hydrogens is 412 g/mol. The number of aliphatic carboxylic acids is 1. The molecule has 0 fully saturated rings. The molecule has 0 aromatic heterocycles. The molecule has 1 atom stereocenters. The fraction of sp³-hybridized carbons (Fsp3) is 0.250. The van der Waals surface area contributed by atoms with Crippen molar-refractivity contribution in [3.05, 3.63) is 50.9 Å². The van der Waals surface area contributed by atoms with Crippen molar-refractivity contribution in [1.29, 1.82) is 0 Å². The second-order valence-electron chi connectivity index (χ2n) is 5.57. The van der Waals surface area contributed by atoms with Gasteiger partial charge in [-0.2, -0.15) is 0 Å². The Morgan fingerprint density at radius 1 is 1.52 bits per heavy atom. The van der Waals surface area contributed by atoms with Crippen LogP contribution in [0.3, 0.4) is 0 Å². The number of allylic oxidation sites excluding steroid dienone is 1. The molecule has 0 saturated heterocycles. The first kappa shape index (κ1) is 16.0. The van der Waals surface area contributed by atoms with E-state index in [-0.39, 0.29) is 5.70 Å². The normalized spacial score (nSPS) is 23.0. The minimum absolute atomic E-state index is 0.0351. The smallest absolute Gasteiger partial charge is 0.352 e. The number of carbonyl (C=O) groups is 1. The van der Waals surface area contributed by atoms with Gasteiger partial charge in [0.2, 0.25) is 0 Å². The molecule has 2 aliphatic rings. The van der Waals surface area contributed by atoms with Crippen LogP contribution in [0.5, 0.6) is 0 Å². The zero-order valence-corrected chi connectivity index (χ0v) is 14.8. The van der Waals surface area contributed by atoms with Crippen LogP contribution >= 0.6 is 22.6 Å². The van der Waals surface area contributed by atoms with Gasteiger partial charge in [0.05, 0.1) is 17.1 Å². The maximum atomic E-state index is 15.2. The quantitative estimate of drug-likeness (QED) is 0.729. The number of aryl methyl sites for hydroxylation is 1. The monoisotopic (exact) mass is 427 g/mol. The Morgan fingerprint density at radius 3 is 2.91 bits per heavy atom. The average Bonchev–Trinajstić information content (AvgIpc) is 2.82. The van der Waals surface area contributed by atoms with Crippen molar-refractivity contribution in [2.24, 2.45) is 4.99 Å². The van der Waals surface area contributed by atoms with E-state index in [0.717, 1.165) is 15.2 Å². The lowest BCUT2D eigenvalue weighted by Crippen LogP contribution is -2.41. The highest BCUT2D eigenvalue weighted by molar-refractivity contribution is 14.1. The van der Waals surface area contributed by atoms with Gasteiger partial charge in [-0.15, -0.1) is 0 Å². The summed E-state index contributed by atoms with van der Waals surface area (Å²) >= 11 is 2.19. The molecule has 1 unspecified atom stereocenters. The molecule has 3 rings (SSSR count). The van der Waals surface area contributed by atoms with Crippen LogP contribution in [-0.4, -0.2) is 41.1 Å². The molecule has 0 spiro atoms. The van der Waals surface area contributed by atoms with E-state index in [1.54, 1.807) is 11.9 Å². The molecule has 5 nitrogen and oxygen atoms in total. The second-order valence-corrected chi connectivity index (χ2v) is 6.82. The molecule has 0 saturated carbocycles. The third-order valence-corrected chi connectivity index (χ3v) is 4.58. The number of nitrogens with one attached hydrogen (secondary N) is 1. The fourth-order valence-corrected chi connectivity index (χ4v) is 3.21. The Hall–Kier alpha value is -1.90. The van der Waals surface area contributed by atoms with Crippen LogP contribution < -0.4 is 5.32 Å². The summed E-state index contributed by atoms with van der Waals surface area (Å²) in [6.07, 6.45) is 2.59. The first-order valence-electron chi connectivity index (χ1n) is 6.98. The lowest BCUT2D eigenvalue weighted by atomic mass is 9.92. The molecule has 0 amide bonds. The highest BCUT2D eigenvalue weighted by atomic mass is 127. The first-order chi connectivity index (χ1) is 10.8. The van der Waals surface area contributed by atoms with Gasteiger partial charge in [-0.05, 0) is 65.4 Å². The predicted molar refractivity (Wildman–Crippen MR) is 95.2 cm³/mol. The summed E-state index contributed by atoms with van der Waals surface area (Å²) in [4.78, 5) is 17.6. The second kappa shape index (κ2) is 5.63. The summed E-state index contributed by atoms with van der Waals surface area (Å²) in [5, 5.41) is 12.3. The number of anilines is 1. The molecule has 1 aliphatic carbocycles. The van der Waals surface area contributed by atoms with Crippen LogP contribution in [0.4, 0.5) is 10.1 Å². The van der Waals surface area contributed by atoms with Gasteiger partial charge in [0.15, 0.2) is 0 Å². The Bertz CT molecular complexity index is 788. The summed E-state index contributed by atoms with van der Waals surface area (Å²) in [7, 11) is 1.75. The van der Waals surface area contributed by atoms with Crippen molar-refractivity contribution >= 4 is 40.0 Å². The van der Waals surface area contributed by atoms with Crippen LogP contribution in [-0.2, 0) is 4.79 Å². The highest BCUT2D eigenvalue weighted by Crippen LogP contribution is 2.34. The number of rotatable bonds is 3. The van der Waals surface area contributed by atoms with Crippen LogP contribution in [0.2, 0.25) is 0 Å². The predicted octanol–water partition coefficient (Wildman–Crippen LogP) is 2.93. The van der Waals surface area contributed by atoms with Crippen LogP contribution in [0.25, 0.3) is 0 Å². The minimum atomic E-state index is -2.61. The van der Waals surface area contributed by atoms with E-state index in [4.69, 9.17) is 0 Å². The summed E-state index contributed by atoms with van der Waals surface area (Å²) in [6.45, 7) is 2.28. The van der Waals surface area contributed by atoms with Crippen molar-refractivity contribution in [2.75, 3.05) is 19.0 Å². The summed E-state index contributed by atoms with van der Waals surface area (Å²) in [5.41, 5.74) is 0.0247. The lowest BCUT2D eigenvalue weighted by molar-refractivity contribution is -0.145. The van der Waals surface area contributed by atoms with Crippen molar-refractivity contribution in [3.8, 4) is 0 Å². The highest BCUT2D eigenvalue weighted by Gasteiger charge is 2.46. The number of carboxylic acids is 1. The Labute approximate surface area is 146 Å². The lowest BCUT2D eigenvalue weighted by Gasteiger charge is -2.28. The zero-order chi connectivity index (χ0) is 16.8. The summed E-state index contributed by atoms with van der Waals surface area (Å²) in [5.74, 6) is -1.55. The van der Waals surface area contributed by atoms with Crippen molar-refractivity contribution < 1.29 is 14.3 Å². The number of alkyl halides is 1. The molecule has 1 aromatic carbocycles. The molecule has 0 bridgehead atoms. The van der Waals surface area contributed by atoms with E-state index in [2.05, 4.69) is 32.9 Å². The van der Waals surface area contributed by atoms with Gasteiger partial charge in [-0.3, -0.25) is 4.99 Å². The number of carboxylic acid groups (broad SMARTS) is 1. The van der Waals surface area contributed by atoms with Crippen LogP contribution in [0.15, 0.2) is 46.7 Å². The molecule has 120 valence electrons. The Morgan fingerprint density at radius 2 is 2.26 bits per heavy atom. The molecule has 23 heavy (non-hydrogen) atoms. The van der Waals surface area contributed by atoms with E-state index in [1.165, 1.54) is 6.08 Å². The zero-order valence-electron chi connectivity index (χ0n) is 12.6. The number of benzene rings is 1. The molecular formula is C16H15FIN3O2. The van der Waals surface area contributed by atoms with E-state index in [9.17, 15) is 9.90 Å². The van der Waals surface area contributed by atoms with Crippen molar-refractivity contribution in [3.63, 3.8) is 0 Å². The molecule has 1 aliphatic heterocycles. The van der Waals surface area contributed by atoms with Gasteiger partial charge in [0, 0.05) is 16.3 Å². The van der Waals surface area contributed by atoms with Gasteiger partial charge < -0.3 is 15.3 Å². The van der Waals surface area contributed by atoms with Gasteiger partial charge in [-0.25, -0.2) is 9.18 Å². The van der Waals surface area contributed by atoms with Crippen molar-refractivity contribution in [1.82, 2.24) is 4.90 Å². The standard InChI is InChI=1S/C16H15FIN3O2/c1-9-5-10(18)3-4-11(9)20-14-6-12-13(21(2)8-19-12)7-16(14,17)15(22)23/h3-7,20H,8H2,1-2H3,(H,22,23). The number of hydrogen-bond acceptors (Lipinski definition) is 4. The molecule has 2 N–H and O–H groups in total. The van der Waals surface area contributed by atoms with Crippen LogP contribution in [0, 0.1) is 10.5 Å². The molecule has 7 heteroatoms. The minimum Gasteiger partial charge on any atom is -0.478 e. The number of nitrogens with zero attached hydrogens (tertiary/aromatic N) is 2. The maximum absolute atomic E-state index is 15.2. The summed E-state index contributed by atoms with van der Waals surface area (Å²) < 4.78 is 16.2. The maximum Gasteiger partial charge on any atom is 0.352 e. The molecule has 1 heterocycles. The number of aliphatic imine (C=N–C) groups is 1. The van der Waals surface area contributed by atoms with Gasteiger partial charge >= 0.3 is 5.97 Å². The summed E-state index contributed by atoms with van der Waals surface area (Å²) in [6, 6.07) is 5.62. The SMILES string of the molecule is Cc1cc(I)ccc1NC1=CC2=NCN(C)C2=CC1(F)C(=O)O. The van der Waals surface area contributed by atoms with E-state index in [1.807, 2.05) is 25.1 Å². The Kier molecular flexibility index (Phi) is 3.91. The third-order valence-electron chi connectivity index (χ3n) is 3.90. The topological polar surface area (TPSA) is 64.9 Å². The van der Waals surface area contributed by atoms with Crippen molar-refractivity contribution in [2.45, 2.75) is 12.6 Å². The first-order valence-corrected chi connectivity index (χ1v) is 8.05. The van der Waals surface area contributed by atoms with E-state index >= 15 is 4.39 Å². The van der Waals surface area contributed by atoms with Crippen LogP contribution in [0.1, 0.15) is 5.56 Å².